The van der Waals surface area contributed by atoms with Crippen molar-refractivity contribution in [1.82, 2.24) is 56.5 Å². The van der Waals surface area contributed by atoms with E-state index < -0.39 is 65.4 Å². The van der Waals surface area contributed by atoms with E-state index in [0.29, 0.717) is 63.8 Å². The van der Waals surface area contributed by atoms with E-state index in [9.17, 15) is 54.1 Å². The molecule has 7 saturated carbocycles. The van der Waals surface area contributed by atoms with Crippen LogP contribution in [-0.4, -0.2) is 217 Å². The predicted octanol–water partition coefficient (Wildman–Crippen LogP) is 12.6. The number of amidine groups is 1. The first-order chi connectivity index (χ1) is 59.0. The molecule has 9 rings (SSSR count). The summed E-state index contributed by atoms with van der Waals surface area (Å²) in [6.07, 6.45) is 43.2. The SMILES string of the molecule is C.C.CB(O)NCC1(CC(=O)O)CCCCC1.CB(O)NCC1(CC(C)=NO)CCCCC1.CB(O)NCC1(CC(N)=NO)CCCCC1.CB(O)NCC1(CC(N)=O)CCCCC1.CB(O)NCC1(Cc2noc(=O)[nH]2)CCCCC1.CC(C)COC(=O)Cl.Cl.Clc1nc(Cl)nc(Cl)n1.NCC1(CC(=O)O)CCCCC1.NO.[C-]#[N+]CC1(CNB(C)O)CCCCC1. The normalized spacial score (nSPS) is 18.1. The standard InChI is InChI=1S/C11H20BN3O3.C11H23BN2O2.C10H22BN3O2.C10H21BN2O2.C10H19BN2O.C10H20BNO3.C9H17NO2.C5H9ClO2.C3Cl3N3.2CH4.ClH.H3NO/c1-12(17)13-8-11(5-3-2-4-6-11)7-9-14-10(16)18-15-9;1-10(14-16)8-11(9-13-12(2)15)6-4-3-5-7-11;1-11(15)13-8-10(7-9(12)14-16)5-3-2-4-6-10;1-11(15)13-8-10(7-9(12)14)5-3-2-4-6-10;1-11(14)13-9-10(8-12-2)6-4-3-5-7-10;1-11(15)12-8-10(7-9(13)14)5-3-2-4-6-10;10-7-9(6-8(11)12)4-2-1-3-5-9;1-4(2)3-8-5(6)7;4-1-7-2(5)9-3(6)8-1;;;;1-2/h13,17H,2-8H2,1H3,(H,14,15,16);13,15-16H,3-9H2,1-2H3;13,15-16H,2-8H2,1H3,(H2,12,14);13,15H,2-8H2,1H3,(H2,12,14);13-14H,3-9H2,1H3;12,15H,2-8H2,1H3,(H,13,14);1-7,10H2,(H,11,12);4H,3H2,1-2H3;;2*1H4;1H;2H,1H2. The van der Waals surface area contributed by atoms with E-state index in [2.05, 4.69) is 86.8 Å². The first-order valence-corrected chi connectivity index (χ1v) is 46.3. The Kier molecular flexibility index (Phi) is 73.6. The number of hydrogen-bond acceptors (Lipinski definition) is 30. The summed E-state index contributed by atoms with van der Waals surface area (Å²) in [7, 11) is -3.02. The maximum absolute atomic E-state index is 11.0. The van der Waals surface area contributed by atoms with Crippen molar-refractivity contribution in [3.8, 4) is 0 Å². The summed E-state index contributed by atoms with van der Waals surface area (Å²) in [5.74, 6) is 2.58. The second-order valence-corrected chi connectivity index (χ2v) is 37.5. The number of carboxylic acids is 2. The molecule has 0 unspecified atom stereocenters. The average Bonchev–Trinajstić information content (AvgIpc) is 1.69. The molecule has 1 amide bonds. The second kappa shape index (κ2) is 72.7. The first-order valence-electron chi connectivity index (χ1n) is 44.7. The van der Waals surface area contributed by atoms with Crippen molar-refractivity contribution < 1.29 is 84.4 Å². The van der Waals surface area contributed by atoms with Gasteiger partial charge in [0.15, 0.2) is 5.82 Å². The van der Waals surface area contributed by atoms with Gasteiger partial charge in [0, 0.05) is 30.9 Å². The topological polar surface area (TPSA) is 603 Å². The minimum Gasteiger partial charge on any atom is -0.481 e. The molecule has 7 aliphatic carbocycles. The van der Waals surface area contributed by atoms with Gasteiger partial charge in [-0.3, -0.25) is 23.9 Å². The number of rotatable bonds is 34. The Hall–Kier alpha value is -4.70. The highest BCUT2D eigenvalue weighted by molar-refractivity contribution is 6.61. The molecule has 0 radical (unpaired) electrons. The molecular formula is C81H163B6Cl5N18O18. The van der Waals surface area contributed by atoms with Gasteiger partial charge in [-0.1, -0.05) is 179 Å². The number of halogens is 5. The molecule has 7 aliphatic rings. The van der Waals surface area contributed by atoms with Crippen LogP contribution >= 0.6 is 58.8 Å². The van der Waals surface area contributed by atoms with E-state index >= 15 is 0 Å². The number of nitrogens with zero attached hydrogens (tertiary/aromatic N) is 7. The van der Waals surface area contributed by atoms with Crippen LogP contribution in [0.15, 0.2) is 19.6 Å². The van der Waals surface area contributed by atoms with E-state index in [1.165, 1.54) is 96.3 Å². The van der Waals surface area contributed by atoms with Crippen LogP contribution in [0.5, 0.6) is 0 Å². The summed E-state index contributed by atoms with van der Waals surface area (Å²) in [4.78, 5) is 69.8. The van der Waals surface area contributed by atoms with Gasteiger partial charge in [0.2, 0.25) is 28.3 Å². The van der Waals surface area contributed by atoms with Crippen molar-refractivity contribution >= 4 is 136 Å². The lowest BCUT2D eigenvalue weighted by molar-refractivity contribution is -0.141. The van der Waals surface area contributed by atoms with Crippen LogP contribution in [0, 0.1) is 50.4 Å². The van der Waals surface area contributed by atoms with Crippen LogP contribution in [0.1, 0.15) is 298 Å². The minimum atomic E-state index is -0.732. The van der Waals surface area contributed by atoms with Gasteiger partial charge in [0.05, 0.1) is 30.6 Å². The Balaban J connectivity index is -0.000000677. The van der Waals surface area contributed by atoms with Crippen molar-refractivity contribution in [3.05, 3.63) is 43.6 Å². The molecule has 26 N–H and O–H groups in total. The van der Waals surface area contributed by atoms with Gasteiger partial charge in [-0.2, -0.15) is 15.0 Å². The number of primary amides is 1. The Morgan fingerprint density at radius 2 is 0.766 bits per heavy atom. The van der Waals surface area contributed by atoms with Crippen molar-refractivity contribution in [2.45, 2.75) is 340 Å². The molecule has 2 aromatic heterocycles. The predicted molar refractivity (Wildman–Crippen MR) is 520 cm³/mol. The Labute approximate surface area is 791 Å². The zero-order valence-electron chi connectivity index (χ0n) is 76.5. The molecule has 7 fully saturated rings. The van der Waals surface area contributed by atoms with Crippen LogP contribution in [-0.2, 0) is 25.5 Å². The molecule has 738 valence electrons. The highest BCUT2D eigenvalue weighted by Crippen LogP contribution is 2.44. The van der Waals surface area contributed by atoms with Crippen LogP contribution in [0.3, 0.4) is 0 Å². The number of nitrogens with one attached hydrogen (secondary N) is 7. The van der Waals surface area contributed by atoms with Gasteiger partial charge in [0.25, 0.3) is 0 Å². The van der Waals surface area contributed by atoms with Crippen LogP contribution in [0.4, 0.5) is 4.79 Å². The van der Waals surface area contributed by atoms with E-state index in [1.54, 1.807) is 40.9 Å². The van der Waals surface area contributed by atoms with Gasteiger partial charge < -0.3 is 114 Å². The maximum Gasteiger partial charge on any atom is 0.438 e. The van der Waals surface area contributed by atoms with E-state index in [-0.39, 0.29) is 106 Å². The van der Waals surface area contributed by atoms with E-state index in [1.807, 2.05) is 20.8 Å². The number of aromatic nitrogens is 5. The molecule has 128 heavy (non-hydrogen) atoms. The Bertz CT molecular complexity index is 3220. The monoisotopic (exact) mass is 1920 g/mol. The quantitative estimate of drug-likeness (QED) is 0.00588. The number of hydrogen-bond donors (Lipinski definition) is 22. The molecule has 0 saturated heterocycles. The zero-order chi connectivity index (χ0) is 94.6. The highest BCUT2D eigenvalue weighted by Gasteiger charge is 2.40. The van der Waals surface area contributed by atoms with Crippen molar-refractivity contribution in [1.29, 1.82) is 0 Å². The third-order valence-electron chi connectivity index (χ3n) is 24.1. The third-order valence-corrected chi connectivity index (χ3v) is 24.7. The van der Waals surface area contributed by atoms with Gasteiger partial charge >= 0.3 is 65.4 Å². The van der Waals surface area contributed by atoms with Crippen LogP contribution in [0.2, 0.25) is 56.8 Å². The molecule has 0 aliphatic heterocycles. The number of carbonyl (C=O) groups is 4. The molecule has 0 atom stereocenters. The largest absolute Gasteiger partial charge is 0.481 e. The van der Waals surface area contributed by atoms with Gasteiger partial charge in [-0.25, -0.2) is 22.1 Å². The summed E-state index contributed by atoms with van der Waals surface area (Å²) in [5, 5.41) is 125. The van der Waals surface area contributed by atoms with Crippen molar-refractivity contribution in [3.63, 3.8) is 0 Å². The summed E-state index contributed by atoms with van der Waals surface area (Å²) in [6, 6.07) is 0. The summed E-state index contributed by atoms with van der Waals surface area (Å²) in [6.45, 7) is 28.9. The molecule has 2 aromatic rings. The summed E-state index contributed by atoms with van der Waals surface area (Å²) in [5.41, 5.74) is 16.8. The summed E-state index contributed by atoms with van der Waals surface area (Å²) < 4.78 is 8.98. The van der Waals surface area contributed by atoms with Crippen LogP contribution in [0.25, 0.3) is 4.85 Å². The molecule has 2 heterocycles. The summed E-state index contributed by atoms with van der Waals surface area (Å²) >= 11 is 20.8. The number of nitrogens with two attached hydrogens (primary N) is 4. The van der Waals surface area contributed by atoms with Crippen molar-refractivity contribution in [2.75, 3.05) is 59.0 Å². The highest BCUT2D eigenvalue weighted by atomic mass is 35.5. The lowest BCUT2D eigenvalue weighted by Gasteiger charge is -2.37. The number of oxime groups is 2. The molecule has 36 nitrogen and oxygen atoms in total. The molecule has 47 heteroatoms. The molecule has 0 spiro atoms. The van der Waals surface area contributed by atoms with Crippen molar-refractivity contribution in [2.24, 2.45) is 77.2 Å². The molecule has 0 aromatic carbocycles. The number of carbonyl (C=O) groups excluding carboxylic acids is 2. The second-order valence-electron chi connectivity index (χ2n) is 36.2. The first kappa shape index (κ1) is 130. The fourth-order valence-electron chi connectivity index (χ4n) is 17.6. The molecule has 0 bridgehead atoms. The smallest absolute Gasteiger partial charge is 0.438 e. The number of ether oxygens (including phenoxy) is 1. The van der Waals surface area contributed by atoms with Gasteiger partial charge in [0.1, 0.15) is 5.84 Å². The zero-order valence-corrected chi connectivity index (χ0v) is 80.4. The maximum atomic E-state index is 11.0. The van der Waals surface area contributed by atoms with Gasteiger partial charge in [-0.05, 0) is 263 Å². The Morgan fingerprint density at radius 1 is 0.492 bits per heavy atom. The number of aromatic amines is 1. The fourth-order valence-corrected chi connectivity index (χ4v) is 18.3. The minimum absolute atomic E-state index is 0. The third kappa shape index (κ3) is 62.0. The van der Waals surface area contributed by atoms with Gasteiger partial charge in [-0.15, -0.1) is 12.4 Å². The van der Waals surface area contributed by atoms with E-state index in [0.717, 1.165) is 167 Å². The lowest BCUT2D eigenvalue weighted by Crippen LogP contribution is -2.44. The number of H-pyrrole nitrogens is 1. The number of amides is 1. The number of aliphatic carboxylic acids is 2. The number of carboxylic acid groups (broad SMARTS) is 2. The van der Waals surface area contributed by atoms with Crippen LogP contribution < -0.4 is 60.2 Å². The Morgan fingerprint density at radius 3 is 1.02 bits per heavy atom. The molecular weight excluding hydrogens is 1760 g/mol. The van der Waals surface area contributed by atoms with E-state index in [4.69, 9.17) is 96.0 Å². The lowest BCUT2D eigenvalue weighted by atomic mass is 9.69. The fraction of sp³-hybridized carbons (Fsp3) is 0.852. The average molecular weight is 1920 g/mol.